The van der Waals surface area contributed by atoms with E-state index in [-0.39, 0.29) is 12.5 Å². The maximum atomic E-state index is 11.5. The van der Waals surface area contributed by atoms with Gasteiger partial charge >= 0.3 is 0 Å². The minimum absolute atomic E-state index is 0.0755. The molecule has 0 fully saturated rings. The van der Waals surface area contributed by atoms with Crippen molar-refractivity contribution >= 4 is 28.7 Å². The van der Waals surface area contributed by atoms with Gasteiger partial charge in [0.1, 0.15) is 17.9 Å². The first-order valence-corrected chi connectivity index (χ1v) is 6.28. The van der Waals surface area contributed by atoms with Crippen LogP contribution in [0.15, 0.2) is 12.3 Å². The average molecular weight is 267 g/mol. The molecule has 1 N–H and O–H groups in total. The first kappa shape index (κ1) is 12.8. The monoisotopic (exact) mass is 266 g/mol. The largest absolute Gasteiger partial charge is 0.358 e. The van der Waals surface area contributed by atoms with Gasteiger partial charge in [-0.05, 0) is 18.6 Å². The van der Waals surface area contributed by atoms with Crippen LogP contribution in [0.3, 0.4) is 0 Å². The number of nitrogens with zero attached hydrogens (tertiary/aromatic N) is 3. The van der Waals surface area contributed by atoms with Gasteiger partial charge in [-0.2, -0.15) is 0 Å². The van der Waals surface area contributed by atoms with E-state index in [9.17, 15) is 4.79 Å². The summed E-state index contributed by atoms with van der Waals surface area (Å²) in [5.41, 5.74) is 2.62. The fourth-order valence-corrected chi connectivity index (χ4v) is 2.02. The van der Waals surface area contributed by atoms with Crippen LogP contribution in [0.1, 0.15) is 11.4 Å². The molecular formula is C12H15ClN4O. The zero-order valence-electron chi connectivity index (χ0n) is 10.4. The van der Waals surface area contributed by atoms with Crippen LogP contribution in [0.25, 0.3) is 11.2 Å². The molecule has 0 bridgehead atoms. The van der Waals surface area contributed by atoms with E-state index in [1.807, 2.05) is 17.6 Å². The lowest BCUT2D eigenvalue weighted by atomic mass is 10.3. The van der Waals surface area contributed by atoms with E-state index in [0.29, 0.717) is 12.3 Å². The molecule has 2 aromatic rings. The predicted molar refractivity (Wildman–Crippen MR) is 70.8 cm³/mol. The highest BCUT2D eigenvalue weighted by atomic mass is 35.5. The molecule has 5 nitrogen and oxygen atoms in total. The molecule has 0 radical (unpaired) electrons. The second-order valence-corrected chi connectivity index (χ2v) is 4.40. The number of carbonyl (C=O) groups excluding carboxylic acids is 1. The highest BCUT2D eigenvalue weighted by Crippen LogP contribution is 2.18. The van der Waals surface area contributed by atoms with Crippen molar-refractivity contribution in [2.75, 3.05) is 12.9 Å². The summed E-state index contributed by atoms with van der Waals surface area (Å²) in [4.78, 5) is 20.4. The van der Waals surface area contributed by atoms with Crippen LogP contribution < -0.4 is 5.32 Å². The third-order valence-electron chi connectivity index (χ3n) is 2.81. The Morgan fingerprint density at radius 3 is 3.00 bits per heavy atom. The molecule has 0 spiro atoms. The number of aromatic nitrogens is 3. The van der Waals surface area contributed by atoms with Gasteiger partial charge in [-0.15, -0.1) is 11.6 Å². The smallest absolute Gasteiger partial charge is 0.239 e. The van der Waals surface area contributed by atoms with Crippen molar-refractivity contribution in [2.45, 2.75) is 19.9 Å². The van der Waals surface area contributed by atoms with Crippen molar-refractivity contribution in [3.8, 4) is 0 Å². The van der Waals surface area contributed by atoms with Crippen LogP contribution >= 0.6 is 11.6 Å². The van der Waals surface area contributed by atoms with E-state index < -0.39 is 0 Å². The molecule has 0 saturated carbocycles. The number of likely N-dealkylation sites (N-methyl/N-ethyl adjacent to an activating group) is 1. The summed E-state index contributed by atoms with van der Waals surface area (Å²) in [5, 5.41) is 2.60. The summed E-state index contributed by atoms with van der Waals surface area (Å²) in [6, 6.07) is 1.91. The third kappa shape index (κ3) is 2.31. The lowest BCUT2D eigenvalue weighted by Gasteiger charge is -2.06. The number of hydrogen-bond donors (Lipinski definition) is 1. The van der Waals surface area contributed by atoms with Gasteiger partial charge in [-0.3, -0.25) is 4.79 Å². The molecule has 0 aliphatic heterocycles. The number of fused-ring (bicyclic) bond motifs is 1. The molecule has 0 aliphatic rings. The molecule has 1 amide bonds. The van der Waals surface area contributed by atoms with Gasteiger partial charge in [0, 0.05) is 25.5 Å². The molecule has 2 heterocycles. The first-order chi connectivity index (χ1) is 8.67. The number of carbonyl (C=O) groups is 1. The van der Waals surface area contributed by atoms with Crippen molar-refractivity contribution < 1.29 is 4.79 Å². The Bertz CT molecular complexity index is 579. The Morgan fingerprint density at radius 2 is 2.33 bits per heavy atom. The Morgan fingerprint density at radius 1 is 1.56 bits per heavy atom. The van der Waals surface area contributed by atoms with Gasteiger partial charge in [-0.25, -0.2) is 9.97 Å². The van der Waals surface area contributed by atoms with Gasteiger partial charge in [0.25, 0.3) is 0 Å². The van der Waals surface area contributed by atoms with Crippen LogP contribution in [0.4, 0.5) is 0 Å². The number of halogens is 1. The van der Waals surface area contributed by atoms with Crippen molar-refractivity contribution in [1.29, 1.82) is 0 Å². The lowest BCUT2D eigenvalue weighted by Crippen LogP contribution is -2.24. The minimum Gasteiger partial charge on any atom is -0.358 e. The second kappa shape index (κ2) is 5.35. The Labute approximate surface area is 110 Å². The van der Waals surface area contributed by atoms with E-state index >= 15 is 0 Å². The number of rotatable bonds is 4. The molecule has 6 heteroatoms. The fraction of sp³-hybridized carbons (Fsp3) is 0.417. The van der Waals surface area contributed by atoms with Crippen LogP contribution in [-0.4, -0.2) is 33.4 Å². The van der Waals surface area contributed by atoms with E-state index in [1.54, 1.807) is 13.2 Å². The SMILES string of the molecule is CNC(=O)Cn1c(CCCl)nc2c(C)ccnc21. The van der Waals surface area contributed by atoms with Crippen LogP contribution in [0, 0.1) is 6.92 Å². The zero-order chi connectivity index (χ0) is 13.1. The summed E-state index contributed by atoms with van der Waals surface area (Å²) >= 11 is 5.77. The normalized spacial score (nSPS) is 10.8. The number of amides is 1. The highest BCUT2D eigenvalue weighted by molar-refractivity contribution is 6.17. The topological polar surface area (TPSA) is 59.8 Å². The minimum atomic E-state index is -0.0755. The third-order valence-corrected chi connectivity index (χ3v) is 3.00. The van der Waals surface area contributed by atoms with Crippen LogP contribution in [0.2, 0.25) is 0 Å². The molecular weight excluding hydrogens is 252 g/mol. The van der Waals surface area contributed by atoms with E-state index in [1.165, 1.54) is 0 Å². The molecule has 0 aliphatic carbocycles. The van der Waals surface area contributed by atoms with Crippen LogP contribution in [-0.2, 0) is 17.8 Å². The first-order valence-electron chi connectivity index (χ1n) is 5.74. The summed E-state index contributed by atoms with van der Waals surface area (Å²) < 4.78 is 1.82. The summed E-state index contributed by atoms with van der Waals surface area (Å²) in [6.07, 6.45) is 2.35. The average Bonchev–Trinajstić information content (AvgIpc) is 2.70. The van der Waals surface area contributed by atoms with Gasteiger partial charge < -0.3 is 9.88 Å². The van der Waals surface area contributed by atoms with Crippen molar-refractivity contribution in [3.05, 3.63) is 23.7 Å². The van der Waals surface area contributed by atoms with Gasteiger partial charge in [0.05, 0.1) is 0 Å². The Hall–Kier alpha value is -1.62. The summed E-state index contributed by atoms with van der Waals surface area (Å²) in [7, 11) is 1.61. The standard InChI is InChI=1S/C12H15ClN4O/c1-8-4-6-15-12-11(8)16-9(3-5-13)17(12)7-10(18)14-2/h4,6H,3,5,7H2,1-2H3,(H,14,18). The second-order valence-electron chi connectivity index (χ2n) is 4.03. The Balaban J connectivity index is 2.55. The summed E-state index contributed by atoms with van der Waals surface area (Å²) in [5.74, 6) is 1.19. The quantitative estimate of drug-likeness (QED) is 0.848. The highest BCUT2D eigenvalue weighted by Gasteiger charge is 2.14. The summed E-state index contributed by atoms with van der Waals surface area (Å²) in [6.45, 7) is 2.20. The molecule has 18 heavy (non-hydrogen) atoms. The van der Waals surface area contributed by atoms with Crippen LogP contribution in [0.5, 0.6) is 0 Å². The number of aryl methyl sites for hydroxylation is 2. The van der Waals surface area contributed by atoms with Gasteiger partial charge in [0.15, 0.2) is 5.65 Å². The molecule has 2 aromatic heterocycles. The van der Waals surface area contributed by atoms with Crippen molar-refractivity contribution in [3.63, 3.8) is 0 Å². The van der Waals surface area contributed by atoms with E-state index in [2.05, 4.69) is 15.3 Å². The fourth-order valence-electron chi connectivity index (χ4n) is 1.85. The molecule has 0 aromatic carbocycles. The molecule has 0 atom stereocenters. The van der Waals surface area contributed by atoms with Gasteiger partial charge in [-0.1, -0.05) is 0 Å². The zero-order valence-corrected chi connectivity index (χ0v) is 11.2. The number of pyridine rings is 1. The number of alkyl halides is 1. The maximum Gasteiger partial charge on any atom is 0.239 e. The van der Waals surface area contributed by atoms with E-state index in [4.69, 9.17) is 11.6 Å². The molecule has 0 unspecified atom stereocenters. The van der Waals surface area contributed by atoms with E-state index in [0.717, 1.165) is 22.6 Å². The maximum absolute atomic E-state index is 11.5. The molecule has 96 valence electrons. The Kier molecular flexibility index (Phi) is 3.81. The van der Waals surface area contributed by atoms with Gasteiger partial charge in [0.2, 0.25) is 5.91 Å². The predicted octanol–water partition coefficient (Wildman–Crippen LogP) is 1.27. The number of hydrogen-bond acceptors (Lipinski definition) is 3. The number of imidazole rings is 1. The van der Waals surface area contributed by atoms with Crippen molar-refractivity contribution in [1.82, 2.24) is 19.9 Å². The van der Waals surface area contributed by atoms with Crippen molar-refractivity contribution in [2.24, 2.45) is 0 Å². The molecule has 0 saturated heterocycles. The lowest BCUT2D eigenvalue weighted by molar-refractivity contribution is -0.121. The number of nitrogens with one attached hydrogen (secondary N) is 1. The molecule has 2 rings (SSSR count).